The van der Waals surface area contributed by atoms with Crippen LogP contribution in [-0.4, -0.2) is 30.8 Å². The van der Waals surface area contributed by atoms with Crippen molar-refractivity contribution in [2.24, 2.45) is 5.41 Å². The number of anilines is 1. The number of hydrogen-bond acceptors (Lipinski definition) is 6. The van der Waals surface area contributed by atoms with E-state index < -0.39 is 5.41 Å². The maximum absolute atomic E-state index is 12.5. The third kappa shape index (κ3) is 3.60. The predicted octanol–water partition coefficient (Wildman–Crippen LogP) is 4.89. The Bertz CT molecular complexity index is 1480. The first kappa shape index (κ1) is 19.9. The van der Waals surface area contributed by atoms with Gasteiger partial charge in [0.2, 0.25) is 5.91 Å². The summed E-state index contributed by atoms with van der Waals surface area (Å²) in [6, 6.07) is 15.5. The molecule has 0 aliphatic rings. The highest BCUT2D eigenvalue weighted by molar-refractivity contribution is 5.95. The molecule has 1 amide bonds. The fourth-order valence-electron chi connectivity index (χ4n) is 3.34. The molecule has 0 saturated heterocycles. The Balaban J connectivity index is 1.50. The predicted molar refractivity (Wildman–Crippen MR) is 122 cm³/mol. The Kier molecular flexibility index (Phi) is 4.51. The molecule has 3 heterocycles. The summed E-state index contributed by atoms with van der Waals surface area (Å²) in [5, 5.41) is 15.5. The minimum atomic E-state index is -0.475. The average Bonchev–Trinajstić information content (AvgIpc) is 3.40. The van der Waals surface area contributed by atoms with E-state index >= 15 is 0 Å². The highest BCUT2D eigenvalue weighted by Gasteiger charge is 2.22. The smallest absolute Gasteiger partial charge is 0.229 e. The Morgan fingerprint density at radius 1 is 0.938 bits per heavy atom. The van der Waals surface area contributed by atoms with E-state index in [1.54, 1.807) is 4.52 Å². The van der Waals surface area contributed by atoms with Crippen molar-refractivity contribution in [2.45, 2.75) is 27.7 Å². The zero-order chi connectivity index (χ0) is 22.5. The van der Waals surface area contributed by atoms with Crippen LogP contribution in [0.15, 0.2) is 59.4 Å². The second-order valence-corrected chi connectivity index (χ2v) is 8.85. The van der Waals surface area contributed by atoms with E-state index in [1.165, 1.54) is 0 Å². The van der Waals surface area contributed by atoms with Crippen LogP contribution in [0.25, 0.3) is 39.2 Å². The van der Waals surface area contributed by atoms with Crippen LogP contribution in [0.1, 0.15) is 26.3 Å². The number of nitrogens with one attached hydrogen (secondary N) is 1. The van der Waals surface area contributed by atoms with Crippen LogP contribution >= 0.6 is 0 Å². The molecule has 8 heteroatoms. The molecule has 0 aliphatic heterocycles. The molecule has 5 rings (SSSR count). The molecule has 160 valence electrons. The summed E-state index contributed by atoms with van der Waals surface area (Å²) < 4.78 is 6.53. The molecule has 0 atom stereocenters. The molecule has 3 aromatic heterocycles. The van der Waals surface area contributed by atoms with Gasteiger partial charge < -0.3 is 5.32 Å². The minimum Gasteiger partial charge on any atom is -0.325 e. The Morgan fingerprint density at radius 2 is 1.69 bits per heavy atom. The lowest BCUT2D eigenvalue weighted by Crippen LogP contribution is -2.27. The van der Waals surface area contributed by atoms with Gasteiger partial charge in [0, 0.05) is 22.2 Å². The Morgan fingerprint density at radius 3 is 2.50 bits per heavy atom. The lowest BCUT2D eigenvalue weighted by molar-refractivity contribution is -0.123. The van der Waals surface area contributed by atoms with Gasteiger partial charge in [-0.1, -0.05) is 39.0 Å². The molecular formula is C24H22N6O2. The van der Waals surface area contributed by atoms with Crippen molar-refractivity contribution in [1.29, 1.82) is 0 Å². The number of aromatic nitrogens is 5. The Hall–Kier alpha value is -4.07. The topological polar surface area (TPSA) is 98.2 Å². The van der Waals surface area contributed by atoms with Gasteiger partial charge in [0.1, 0.15) is 11.0 Å². The van der Waals surface area contributed by atoms with Gasteiger partial charge in [-0.05, 0) is 53.1 Å². The van der Waals surface area contributed by atoms with Crippen molar-refractivity contribution in [3.05, 3.63) is 60.3 Å². The molecule has 32 heavy (non-hydrogen) atoms. The minimum absolute atomic E-state index is 0.0293. The monoisotopic (exact) mass is 426 g/mol. The number of carbonyl (C=O) groups is 1. The van der Waals surface area contributed by atoms with Gasteiger partial charge in [0.05, 0.1) is 17.6 Å². The largest absolute Gasteiger partial charge is 0.325 e. The molecule has 0 spiro atoms. The molecule has 0 radical (unpaired) electrons. The summed E-state index contributed by atoms with van der Waals surface area (Å²) in [6.07, 6.45) is 1.88. The van der Waals surface area contributed by atoms with Crippen LogP contribution in [0.3, 0.4) is 0 Å². The summed E-state index contributed by atoms with van der Waals surface area (Å²) in [4.78, 5) is 17.2. The molecule has 0 aliphatic carbocycles. The van der Waals surface area contributed by atoms with E-state index in [9.17, 15) is 4.79 Å². The van der Waals surface area contributed by atoms with Gasteiger partial charge in [-0.2, -0.15) is 5.10 Å². The first-order valence-corrected chi connectivity index (χ1v) is 10.3. The lowest BCUT2D eigenvalue weighted by Gasteiger charge is -2.19. The van der Waals surface area contributed by atoms with Crippen LogP contribution < -0.4 is 5.32 Å². The van der Waals surface area contributed by atoms with Gasteiger partial charge in [-0.15, -0.1) is 0 Å². The molecule has 1 N–H and O–H groups in total. The normalized spacial score (nSPS) is 11.9. The summed E-state index contributed by atoms with van der Waals surface area (Å²) in [5.41, 5.74) is 6.79. The molecule has 8 nitrogen and oxygen atoms in total. The lowest BCUT2D eigenvalue weighted by atomic mass is 9.95. The fourth-order valence-corrected chi connectivity index (χ4v) is 3.34. The van der Waals surface area contributed by atoms with Gasteiger partial charge in [0.15, 0.2) is 5.65 Å². The summed E-state index contributed by atoms with van der Waals surface area (Å²) in [6.45, 7) is 7.65. The summed E-state index contributed by atoms with van der Waals surface area (Å²) in [5.74, 6) is -0.0293. The first-order valence-electron chi connectivity index (χ1n) is 10.3. The Labute approximate surface area is 184 Å². The van der Waals surface area contributed by atoms with Crippen molar-refractivity contribution in [3.8, 4) is 22.5 Å². The third-order valence-corrected chi connectivity index (χ3v) is 5.33. The van der Waals surface area contributed by atoms with E-state index in [2.05, 4.69) is 15.6 Å². The van der Waals surface area contributed by atoms with Gasteiger partial charge in [0.25, 0.3) is 0 Å². The summed E-state index contributed by atoms with van der Waals surface area (Å²) >= 11 is 0. The molecular weight excluding hydrogens is 404 g/mol. The second kappa shape index (κ2) is 7.26. The van der Waals surface area contributed by atoms with Crippen LogP contribution in [0.4, 0.5) is 5.69 Å². The fraction of sp³-hybridized carbons (Fsp3) is 0.208. The van der Waals surface area contributed by atoms with Gasteiger partial charge in [-0.3, -0.25) is 4.79 Å². The van der Waals surface area contributed by atoms with Crippen molar-refractivity contribution in [3.63, 3.8) is 0 Å². The number of amides is 1. The van der Waals surface area contributed by atoms with E-state index in [1.807, 2.05) is 82.4 Å². The number of imidazole rings is 1. The number of benzene rings is 2. The zero-order valence-corrected chi connectivity index (χ0v) is 18.2. The standard InChI is InChI=1S/C24H22N6O2/c1-14-5-6-16(11-19(14)26-23(31)24(2,3)4)21-13-30-22(25-21)10-9-17(27-30)15-7-8-18-20(12-15)29-32-28-18/h5-13H,1-4H3,(H,26,31). The van der Waals surface area contributed by atoms with Crippen LogP contribution in [0.5, 0.6) is 0 Å². The number of hydrogen-bond donors (Lipinski definition) is 1. The highest BCUT2D eigenvalue weighted by atomic mass is 16.6. The highest BCUT2D eigenvalue weighted by Crippen LogP contribution is 2.28. The zero-order valence-electron chi connectivity index (χ0n) is 18.2. The van der Waals surface area contributed by atoms with Crippen molar-refractivity contribution in [2.75, 3.05) is 5.32 Å². The van der Waals surface area contributed by atoms with Crippen molar-refractivity contribution >= 4 is 28.3 Å². The third-order valence-electron chi connectivity index (χ3n) is 5.33. The first-order chi connectivity index (χ1) is 15.3. The second-order valence-electron chi connectivity index (χ2n) is 8.85. The van der Waals surface area contributed by atoms with Gasteiger partial charge >= 0.3 is 0 Å². The molecule has 2 aromatic carbocycles. The van der Waals surface area contributed by atoms with Gasteiger partial charge in [-0.25, -0.2) is 14.1 Å². The van der Waals surface area contributed by atoms with E-state index in [-0.39, 0.29) is 5.91 Å². The molecule has 0 saturated carbocycles. The van der Waals surface area contributed by atoms with Crippen LogP contribution in [0.2, 0.25) is 0 Å². The molecule has 5 aromatic rings. The van der Waals surface area contributed by atoms with Crippen LogP contribution in [-0.2, 0) is 4.79 Å². The van der Waals surface area contributed by atoms with Crippen LogP contribution in [0, 0.1) is 12.3 Å². The number of rotatable bonds is 3. The van der Waals surface area contributed by atoms with Crippen molar-refractivity contribution < 1.29 is 9.42 Å². The molecule has 0 unspecified atom stereocenters. The van der Waals surface area contributed by atoms with E-state index in [0.717, 1.165) is 39.4 Å². The number of aryl methyl sites for hydroxylation is 1. The maximum Gasteiger partial charge on any atom is 0.229 e. The van der Waals surface area contributed by atoms with E-state index in [4.69, 9.17) is 14.7 Å². The number of nitrogens with zero attached hydrogens (tertiary/aromatic N) is 5. The number of carbonyl (C=O) groups excluding carboxylic acids is 1. The quantitative estimate of drug-likeness (QED) is 0.441. The van der Waals surface area contributed by atoms with E-state index in [0.29, 0.717) is 11.0 Å². The number of fused-ring (bicyclic) bond motifs is 2. The SMILES string of the molecule is Cc1ccc(-c2cn3nc(-c4ccc5nonc5c4)ccc3n2)cc1NC(=O)C(C)(C)C. The van der Waals surface area contributed by atoms with Crippen molar-refractivity contribution in [1.82, 2.24) is 24.9 Å². The molecule has 0 fully saturated rings. The maximum atomic E-state index is 12.5. The average molecular weight is 426 g/mol. The molecule has 0 bridgehead atoms. The summed E-state index contributed by atoms with van der Waals surface area (Å²) in [7, 11) is 0.